The highest BCUT2D eigenvalue weighted by Crippen LogP contribution is 2.53. The molecule has 0 spiro atoms. The Bertz CT molecular complexity index is 999. The zero-order valence-corrected chi connectivity index (χ0v) is 16.5. The maximum Gasteiger partial charge on any atom is 0.135 e. The number of pyridine rings is 1. The minimum absolute atomic E-state index is 0.345. The zero-order valence-electron chi connectivity index (χ0n) is 16.5. The number of fused-ring (bicyclic) bond motifs is 3. The highest BCUT2D eigenvalue weighted by Gasteiger charge is 2.49. The summed E-state index contributed by atoms with van der Waals surface area (Å²) in [4.78, 5) is 18.3. The molecule has 0 aliphatic heterocycles. The van der Waals surface area contributed by atoms with E-state index >= 15 is 0 Å². The molecule has 2 fully saturated rings. The fourth-order valence-corrected chi connectivity index (χ4v) is 5.10. The van der Waals surface area contributed by atoms with Gasteiger partial charge in [-0.3, -0.25) is 0 Å². The van der Waals surface area contributed by atoms with Crippen LogP contribution < -0.4 is 5.32 Å². The molecule has 5 rings (SSSR count). The molecule has 2 bridgehead atoms. The monoisotopic (exact) mass is 378 g/mol. The van der Waals surface area contributed by atoms with E-state index in [0.717, 1.165) is 34.9 Å². The van der Waals surface area contributed by atoms with Gasteiger partial charge in [0, 0.05) is 31.3 Å². The average molecular weight is 378 g/mol. The predicted molar refractivity (Wildman–Crippen MR) is 108 cm³/mol. The molecule has 0 radical (unpaired) electrons. The van der Waals surface area contributed by atoms with Crippen LogP contribution in [0.15, 0.2) is 30.9 Å². The lowest BCUT2D eigenvalue weighted by molar-refractivity contribution is 0.0643. The molecule has 2 saturated carbocycles. The first-order valence-electron chi connectivity index (χ1n) is 10.1. The van der Waals surface area contributed by atoms with Crippen molar-refractivity contribution in [2.45, 2.75) is 51.2 Å². The maximum absolute atomic E-state index is 5.75. The largest absolute Gasteiger partial charge is 0.381 e. The summed E-state index contributed by atoms with van der Waals surface area (Å²) in [5.41, 5.74) is 1.97. The van der Waals surface area contributed by atoms with Crippen LogP contribution in [-0.4, -0.2) is 37.7 Å². The Morgan fingerprint density at radius 1 is 1.18 bits per heavy atom. The first-order valence-corrected chi connectivity index (χ1v) is 10.1. The van der Waals surface area contributed by atoms with Gasteiger partial charge in [-0.2, -0.15) is 0 Å². The lowest BCUT2D eigenvalue weighted by atomic mass is 9.88. The third-order valence-corrected chi connectivity index (χ3v) is 6.38. The molecule has 146 valence electrons. The Kier molecular flexibility index (Phi) is 4.27. The second kappa shape index (κ2) is 6.81. The van der Waals surface area contributed by atoms with E-state index in [0.29, 0.717) is 29.9 Å². The summed E-state index contributed by atoms with van der Waals surface area (Å²) in [5.74, 6) is 4.06. The van der Waals surface area contributed by atoms with Crippen LogP contribution in [-0.2, 0) is 4.74 Å². The number of imidazole rings is 1. The fraction of sp³-hybridized carbons (Fsp3) is 0.524. The molecule has 0 aromatic carbocycles. The van der Waals surface area contributed by atoms with Crippen molar-refractivity contribution < 1.29 is 4.74 Å². The number of aromatic nitrogens is 5. The van der Waals surface area contributed by atoms with Crippen molar-refractivity contribution in [3.8, 4) is 0 Å². The molecular formula is C21H26N6O. The summed E-state index contributed by atoms with van der Waals surface area (Å²) in [5, 5.41) is 3.35. The number of nitrogens with one attached hydrogen (secondary N) is 1. The summed E-state index contributed by atoms with van der Waals surface area (Å²) in [6, 6.07) is 4.27. The van der Waals surface area contributed by atoms with Gasteiger partial charge in [-0.25, -0.2) is 19.9 Å². The van der Waals surface area contributed by atoms with Gasteiger partial charge in [-0.05, 0) is 51.0 Å². The van der Waals surface area contributed by atoms with Crippen molar-refractivity contribution >= 4 is 22.7 Å². The number of rotatable bonds is 5. The van der Waals surface area contributed by atoms with E-state index in [2.05, 4.69) is 38.7 Å². The molecule has 3 heterocycles. The van der Waals surface area contributed by atoms with E-state index in [1.807, 2.05) is 31.8 Å². The normalized spacial score (nSPS) is 26.4. The van der Waals surface area contributed by atoms with Crippen LogP contribution in [0.3, 0.4) is 0 Å². The van der Waals surface area contributed by atoms with Crippen molar-refractivity contribution in [3.05, 3.63) is 36.7 Å². The second-order valence-corrected chi connectivity index (χ2v) is 8.27. The van der Waals surface area contributed by atoms with Gasteiger partial charge >= 0.3 is 0 Å². The van der Waals surface area contributed by atoms with Crippen LogP contribution in [0.4, 0.5) is 11.6 Å². The standard InChI is InChI=1S/C21H26N6O/c1-12(2)27-11-24-16-10-23-19(9-17(16)27)25-18-6-7-22-21(26-18)15-8-13-4-5-14(15)20(13)28-3/h6-7,9-15,20H,4-5,8H2,1-3H3,(H,22,23,25,26). The van der Waals surface area contributed by atoms with Gasteiger partial charge < -0.3 is 14.6 Å². The number of anilines is 2. The molecule has 3 aromatic rings. The van der Waals surface area contributed by atoms with Crippen LogP contribution in [0.25, 0.3) is 11.0 Å². The summed E-state index contributed by atoms with van der Waals surface area (Å²) in [7, 11) is 1.83. The first kappa shape index (κ1) is 17.6. The molecule has 28 heavy (non-hydrogen) atoms. The van der Waals surface area contributed by atoms with Gasteiger partial charge in [0.05, 0.1) is 24.1 Å². The molecule has 0 amide bonds. The third-order valence-electron chi connectivity index (χ3n) is 6.38. The SMILES string of the molecule is COC1C2CCC1C(c1nccc(Nc3cc4c(cn3)ncn4C(C)C)n1)C2. The van der Waals surface area contributed by atoms with Crippen LogP contribution in [0.1, 0.15) is 50.9 Å². The van der Waals surface area contributed by atoms with Crippen molar-refractivity contribution in [1.82, 2.24) is 24.5 Å². The van der Waals surface area contributed by atoms with Crippen LogP contribution >= 0.6 is 0 Å². The first-order chi connectivity index (χ1) is 13.6. The lowest BCUT2D eigenvalue weighted by Crippen LogP contribution is -2.19. The number of methoxy groups -OCH3 is 1. The van der Waals surface area contributed by atoms with Crippen LogP contribution in [0, 0.1) is 11.8 Å². The fourth-order valence-electron chi connectivity index (χ4n) is 5.10. The van der Waals surface area contributed by atoms with Gasteiger partial charge in [0.1, 0.15) is 23.0 Å². The molecule has 2 aliphatic carbocycles. The van der Waals surface area contributed by atoms with Crippen LogP contribution in [0.5, 0.6) is 0 Å². The molecule has 7 heteroatoms. The van der Waals surface area contributed by atoms with E-state index in [1.165, 1.54) is 12.8 Å². The quantitative estimate of drug-likeness (QED) is 0.721. The summed E-state index contributed by atoms with van der Waals surface area (Å²) in [6.07, 6.45) is 9.49. The highest BCUT2D eigenvalue weighted by molar-refractivity contribution is 5.78. The number of hydrogen-bond acceptors (Lipinski definition) is 6. The van der Waals surface area contributed by atoms with E-state index in [4.69, 9.17) is 9.72 Å². The Balaban J connectivity index is 1.40. The third kappa shape index (κ3) is 2.85. The van der Waals surface area contributed by atoms with E-state index in [-0.39, 0.29) is 0 Å². The van der Waals surface area contributed by atoms with Crippen molar-refractivity contribution in [2.24, 2.45) is 11.8 Å². The summed E-state index contributed by atoms with van der Waals surface area (Å²) >= 11 is 0. The Morgan fingerprint density at radius 3 is 2.86 bits per heavy atom. The molecule has 0 saturated heterocycles. The number of hydrogen-bond donors (Lipinski definition) is 1. The van der Waals surface area contributed by atoms with Gasteiger partial charge in [-0.15, -0.1) is 0 Å². The lowest BCUT2D eigenvalue weighted by Gasteiger charge is -2.20. The summed E-state index contributed by atoms with van der Waals surface area (Å²) in [6.45, 7) is 4.29. The van der Waals surface area contributed by atoms with E-state index < -0.39 is 0 Å². The van der Waals surface area contributed by atoms with Gasteiger partial charge in [0.25, 0.3) is 0 Å². The van der Waals surface area contributed by atoms with Crippen molar-refractivity contribution in [2.75, 3.05) is 12.4 Å². The maximum atomic E-state index is 5.75. The van der Waals surface area contributed by atoms with E-state index in [9.17, 15) is 0 Å². The van der Waals surface area contributed by atoms with Crippen molar-refractivity contribution in [1.29, 1.82) is 0 Å². The molecule has 2 aliphatic rings. The molecule has 7 nitrogen and oxygen atoms in total. The predicted octanol–water partition coefficient (Wildman–Crippen LogP) is 4.07. The smallest absolute Gasteiger partial charge is 0.135 e. The second-order valence-electron chi connectivity index (χ2n) is 8.27. The molecule has 1 N–H and O–H groups in total. The van der Waals surface area contributed by atoms with E-state index in [1.54, 1.807) is 6.20 Å². The molecule has 3 aromatic heterocycles. The average Bonchev–Trinajstić information content (AvgIpc) is 3.39. The minimum atomic E-state index is 0.345. The van der Waals surface area contributed by atoms with Crippen molar-refractivity contribution in [3.63, 3.8) is 0 Å². The molecule has 4 atom stereocenters. The zero-order chi connectivity index (χ0) is 19.3. The van der Waals surface area contributed by atoms with Crippen LogP contribution in [0.2, 0.25) is 0 Å². The number of ether oxygens (including phenoxy) is 1. The number of nitrogens with zero attached hydrogens (tertiary/aromatic N) is 5. The highest BCUT2D eigenvalue weighted by atomic mass is 16.5. The molecular weight excluding hydrogens is 352 g/mol. The van der Waals surface area contributed by atoms with Gasteiger partial charge in [0.2, 0.25) is 0 Å². The van der Waals surface area contributed by atoms with Gasteiger partial charge in [0.15, 0.2) is 0 Å². The Morgan fingerprint density at radius 2 is 2.07 bits per heavy atom. The van der Waals surface area contributed by atoms with Gasteiger partial charge in [-0.1, -0.05) is 0 Å². The topological polar surface area (TPSA) is 77.8 Å². The molecule has 4 unspecified atom stereocenters. The summed E-state index contributed by atoms with van der Waals surface area (Å²) < 4.78 is 7.90. The Labute approximate surface area is 164 Å². The minimum Gasteiger partial charge on any atom is -0.381 e. The Hall–Kier alpha value is -2.54.